The lowest BCUT2D eigenvalue weighted by Gasteiger charge is -2.20. The van der Waals surface area contributed by atoms with E-state index in [1.54, 1.807) is 19.1 Å². The molecule has 3 rings (SSSR count). The average Bonchev–Trinajstić information content (AvgIpc) is 3.26. The number of furan rings is 2. The number of hydrogen-bond donors (Lipinski definition) is 2. The second-order valence-electron chi connectivity index (χ2n) is 5.76. The van der Waals surface area contributed by atoms with Crippen molar-refractivity contribution in [3.8, 4) is 10.8 Å². The summed E-state index contributed by atoms with van der Waals surface area (Å²) in [7, 11) is 0. The Kier molecular flexibility index (Phi) is 4.55. The number of amides is 1. The number of aliphatic hydroxyl groups is 1. The monoisotopic (exact) mass is 346 g/mol. The third-order valence-corrected chi connectivity index (χ3v) is 4.43. The third-order valence-electron chi connectivity index (χ3n) is 3.53. The molecule has 0 fully saturated rings. The first-order valence-electron chi connectivity index (χ1n) is 7.48. The van der Waals surface area contributed by atoms with Gasteiger partial charge in [-0.2, -0.15) is 0 Å². The van der Waals surface area contributed by atoms with Gasteiger partial charge in [0.05, 0.1) is 24.9 Å². The van der Waals surface area contributed by atoms with Crippen molar-refractivity contribution < 1.29 is 18.7 Å². The Hall–Kier alpha value is -2.38. The van der Waals surface area contributed by atoms with Gasteiger partial charge >= 0.3 is 0 Å². The van der Waals surface area contributed by atoms with Crippen LogP contribution in [0.3, 0.4) is 0 Å². The molecule has 0 bridgehead atoms. The lowest BCUT2D eigenvalue weighted by atomic mass is 10.0. The lowest BCUT2D eigenvalue weighted by Crippen LogP contribution is -2.39. The number of rotatable bonds is 6. The van der Waals surface area contributed by atoms with Crippen LogP contribution in [0.25, 0.3) is 10.8 Å². The van der Waals surface area contributed by atoms with Crippen LogP contribution >= 0.6 is 11.3 Å². The van der Waals surface area contributed by atoms with Gasteiger partial charge in [-0.05, 0) is 38.1 Å². The van der Waals surface area contributed by atoms with Gasteiger partial charge in [-0.15, -0.1) is 11.3 Å². The SMILES string of the molecule is Cc1ccc(-c2nc(CC(=O)NCC(C)(O)c3ccco3)cs2)o1. The molecule has 0 radical (unpaired) electrons. The molecule has 24 heavy (non-hydrogen) atoms. The molecule has 0 spiro atoms. The van der Waals surface area contributed by atoms with E-state index in [1.807, 2.05) is 24.4 Å². The molecule has 1 unspecified atom stereocenters. The first-order chi connectivity index (χ1) is 11.4. The molecule has 0 aliphatic heterocycles. The summed E-state index contributed by atoms with van der Waals surface area (Å²) in [6.45, 7) is 3.52. The van der Waals surface area contributed by atoms with E-state index in [9.17, 15) is 9.90 Å². The van der Waals surface area contributed by atoms with Crippen molar-refractivity contribution in [2.75, 3.05) is 6.54 Å². The van der Waals surface area contributed by atoms with E-state index in [1.165, 1.54) is 17.6 Å². The van der Waals surface area contributed by atoms with Crippen LogP contribution in [0.15, 0.2) is 44.7 Å². The van der Waals surface area contributed by atoms with Gasteiger partial charge in [-0.3, -0.25) is 4.79 Å². The summed E-state index contributed by atoms with van der Waals surface area (Å²) < 4.78 is 10.7. The smallest absolute Gasteiger partial charge is 0.226 e. The Morgan fingerprint density at radius 2 is 2.25 bits per heavy atom. The quantitative estimate of drug-likeness (QED) is 0.716. The molecule has 6 nitrogen and oxygen atoms in total. The van der Waals surface area contributed by atoms with Gasteiger partial charge in [0.1, 0.15) is 17.1 Å². The van der Waals surface area contributed by atoms with Crippen molar-refractivity contribution in [3.05, 3.63) is 53.1 Å². The van der Waals surface area contributed by atoms with Crippen LogP contribution in [0, 0.1) is 6.92 Å². The molecular formula is C17H18N2O4S. The molecule has 0 aliphatic rings. The first-order valence-corrected chi connectivity index (χ1v) is 8.36. The molecular weight excluding hydrogens is 328 g/mol. The van der Waals surface area contributed by atoms with Gasteiger partial charge in [0, 0.05) is 5.38 Å². The van der Waals surface area contributed by atoms with Crippen molar-refractivity contribution in [3.63, 3.8) is 0 Å². The number of nitrogens with one attached hydrogen (secondary N) is 1. The van der Waals surface area contributed by atoms with E-state index in [-0.39, 0.29) is 18.9 Å². The van der Waals surface area contributed by atoms with Gasteiger partial charge in [-0.25, -0.2) is 4.98 Å². The molecule has 7 heteroatoms. The van der Waals surface area contributed by atoms with Gasteiger partial charge in [0.25, 0.3) is 0 Å². The number of nitrogens with zero attached hydrogens (tertiary/aromatic N) is 1. The van der Waals surface area contributed by atoms with Crippen LogP contribution in [0.1, 0.15) is 24.1 Å². The minimum atomic E-state index is -1.25. The van der Waals surface area contributed by atoms with E-state index < -0.39 is 5.60 Å². The molecule has 1 amide bonds. The Labute approximate surface area is 143 Å². The largest absolute Gasteiger partial charge is 0.466 e. The van der Waals surface area contributed by atoms with E-state index in [4.69, 9.17) is 8.83 Å². The van der Waals surface area contributed by atoms with Crippen molar-refractivity contribution in [1.82, 2.24) is 10.3 Å². The van der Waals surface area contributed by atoms with Gasteiger partial charge in [-0.1, -0.05) is 0 Å². The molecule has 0 saturated carbocycles. The maximum absolute atomic E-state index is 12.1. The number of aromatic nitrogens is 1. The van der Waals surface area contributed by atoms with Crippen molar-refractivity contribution in [1.29, 1.82) is 0 Å². The zero-order valence-electron chi connectivity index (χ0n) is 13.4. The summed E-state index contributed by atoms with van der Waals surface area (Å²) in [5.74, 6) is 1.71. The van der Waals surface area contributed by atoms with Crippen LogP contribution < -0.4 is 5.32 Å². The minimum absolute atomic E-state index is 0.0632. The molecule has 126 valence electrons. The number of aryl methyl sites for hydroxylation is 1. The molecule has 0 aromatic carbocycles. The first kappa shape index (κ1) is 16.5. The highest BCUT2D eigenvalue weighted by atomic mass is 32.1. The highest BCUT2D eigenvalue weighted by Crippen LogP contribution is 2.25. The lowest BCUT2D eigenvalue weighted by molar-refractivity contribution is -0.121. The zero-order chi connectivity index (χ0) is 17.2. The van der Waals surface area contributed by atoms with E-state index >= 15 is 0 Å². The van der Waals surface area contributed by atoms with Crippen LogP contribution in [0.4, 0.5) is 0 Å². The summed E-state index contributed by atoms with van der Waals surface area (Å²) in [5, 5.41) is 15.6. The number of thiazole rings is 1. The Morgan fingerprint density at radius 3 is 2.92 bits per heavy atom. The molecule has 3 aromatic heterocycles. The van der Waals surface area contributed by atoms with E-state index in [2.05, 4.69) is 10.3 Å². The number of hydrogen-bond acceptors (Lipinski definition) is 6. The minimum Gasteiger partial charge on any atom is -0.466 e. The Balaban J connectivity index is 1.57. The molecule has 2 N–H and O–H groups in total. The number of carbonyl (C=O) groups excluding carboxylic acids is 1. The zero-order valence-corrected chi connectivity index (χ0v) is 14.2. The second kappa shape index (κ2) is 6.62. The summed E-state index contributed by atoms with van der Waals surface area (Å²) in [6.07, 6.45) is 1.63. The maximum atomic E-state index is 12.1. The van der Waals surface area contributed by atoms with E-state index in [0.29, 0.717) is 17.2 Å². The van der Waals surface area contributed by atoms with Gasteiger partial charge in [0.2, 0.25) is 5.91 Å². The molecule has 0 aliphatic carbocycles. The fourth-order valence-electron chi connectivity index (χ4n) is 2.22. The maximum Gasteiger partial charge on any atom is 0.226 e. The third kappa shape index (κ3) is 3.74. The molecule has 3 aromatic rings. The average molecular weight is 346 g/mol. The van der Waals surface area contributed by atoms with Crippen LogP contribution in [0.5, 0.6) is 0 Å². The van der Waals surface area contributed by atoms with Gasteiger partial charge in [0.15, 0.2) is 10.8 Å². The summed E-state index contributed by atoms with van der Waals surface area (Å²) >= 11 is 1.43. The van der Waals surface area contributed by atoms with Gasteiger partial charge < -0.3 is 19.3 Å². The van der Waals surface area contributed by atoms with Crippen LogP contribution in [-0.2, 0) is 16.8 Å². The van der Waals surface area contributed by atoms with Crippen molar-refractivity contribution in [2.45, 2.75) is 25.9 Å². The summed E-state index contributed by atoms with van der Waals surface area (Å²) in [4.78, 5) is 16.5. The van der Waals surface area contributed by atoms with E-state index in [0.717, 1.165) is 10.8 Å². The summed E-state index contributed by atoms with van der Waals surface area (Å²) in [5.41, 5.74) is -0.586. The van der Waals surface area contributed by atoms with Crippen molar-refractivity contribution >= 4 is 17.2 Å². The highest BCUT2D eigenvalue weighted by molar-refractivity contribution is 7.13. The fraction of sp³-hybridized carbons (Fsp3) is 0.294. The number of carbonyl (C=O) groups is 1. The fourth-order valence-corrected chi connectivity index (χ4v) is 3.00. The van der Waals surface area contributed by atoms with Crippen molar-refractivity contribution in [2.24, 2.45) is 0 Å². The standard InChI is InChI=1S/C17H18N2O4S/c1-11-5-6-13(23-11)16-19-12(9-24-16)8-15(20)18-10-17(2,21)14-4-3-7-22-14/h3-7,9,21H,8,10H2,1-2H3,(H,18,20). The summed E-state index contributed by atoms with van der Waals surface area (Å²) in [6, 6.07) is 7.10. The molecule has 0 saturated heterocycles. The molecule has 3 heterocycles. The van der Waals surface area contributed by atoms with Crippen LogP contribution in [-0.4, -0.2) is 22.5 Å². The van der Waals surface area contributed by atoms with Crippen LogP contribution in [0.2, 0.25) is 0 Å². The Morgan fingerprint density at radius 1 is 1.42 bits per heavy atom. The normalized spacial score (nSPS) is 13.6. The second-order valence-corrected chi connectivity index (χ2v) is 6.62. The predicted octanol–water partition coefficient (Wildman–Crippen LogP) is 2.87. The Bertz CT molecular complexity index is 817. The highest BCUT2D eigenvalue weighted by Gasteiger charge is 2.26. The molecule has 1 atom stereocenters. The topological polar surface area (TPSA) is 88.5 Å². The predicted molar refractivity (Wildman–Crippen MR) is 89.5 cm³/mol.